The summed E-state index contributed by atoms with van der Waals surface area (Å²) < 4.78 is 33.7. The van der Waals surface area contributed by atoms with Gasteiger partial charge in [-0.3, -0.25) is 9.52 Å². The molecule has 0 radical (unpaired) electrons. The summed E-state index contributed by atoms with van der Waals surface area (Å²) in [4.78, 5) is 12.6. The fourth-order valence-corrected chi connectivity index (χ4v) is 4.63. The van der Waals surface area contributed by atoms with Gasteiger partial charge in [0.25, 0.3) is 10.0 Å². The lowest BCUT2D eigenvalue weighted by atomic mass is 10.1. The minimum absolute atomic E-state index is 0.00845. The van der Waals surface area contributed by atoms with E-state index in [1.54, 1.807) is 43.3 Å². The van der Waals surface area contributed by atoms with Crippen LogP contribution in [0.15, 0.2) is 76.1 Å². The van der Waals surface area contributed by atoms with Gasteiger partial charge in [0.1, 0.15) is 5.69 Å². The number of rotatable bonds is 6. The van der Waals surface area contributed by atoms with Gasteiger partial charge < -0.3 is 9.84 Å². The zero-order valence-electron chi connectivity index (χ0n) is 17.0. The summed E-state index contributed by atoms with van der Waals surface area (Å²) in [6, 6.07) is 19.2. The molecule has 0 spiro atoms. The Labute approximate surface area is 180 Å². The number of para-hydroxylation sites is 1. The van der Waals surface area contributed by atoms with Crippen molar-refractivity contribution in [3.8, 4) is 0 Å². The minimum atomic E-state index is -3.83. The standard InChI is InChI=1S/C23H21N3O4S/c1-15-6-5-7-18(12-15)26-31(28,29)22-13-17(11-10-16(22)2)24-23(27)14-20-19-8-3-4-9-21(19)30-25-20/h3-13,26H,14H2,1-2H3,(H,24,27). The van der Waals surface area contributed by atoms with E-state index in [4.69, 9.17) is 4.52 Å². The van der Waals surface area contributed by atoms with Gasteiger partial charge in [0, 0.05) is 16.8 Å². The van der Waals surface area contributed by atoms with E-state index in [-0.39, 0.29) is 17.2 Å². The number of fused-ring (bicyclic) bond motifs is 1. The molecule has 0 atom stereocenters. The quantitative estimate of drug-likeness (QED) is 0.467. The lowest BCUT2D eigenvalue weighted by molar-refractivity contribution is -0.115. The molecule has 4 rings (SSSR count). The average molecular weight is 436 g/mol. The van der Waals surface area contributed by atoms with Crippen LogP contribution in [0.4, 0.5) is 11.4 Å². The molecule has 7 nitrogen and oxygen atoms in total. The maximum absolute atomic E-state index is 12.9. The van der Waals surface area contributed by atoms with Gasteiger partial charge in [-0.25, -0.2) is 8.42 Å². The van der Waals surface area contributed by atoms with Gasteiger partial charge in [-0.15, -0.1) is 0 Å². The predicted octanol–water partition coefficient (Wildman–Crippen LogP) is 4.43. The molecule has 1 heterocycles. The minimum Gasteiger partial charge on any atom is -0.356 e. The summed E-state index contributed by atoms with van der Waals surface area (Å²) in [5.41, 5.74) is 3.50. The maximum Gasteiger partial charge on any atom is 0.262 e. The highest BCUT2D eigenvalue weighted by Gasteiger charge is 2.19. The second-order valence-electron chi connectivity index (χ2n) is 7.31. The largest absolute Gasteiger partial charge is 0.356 e. The average Bonchev–Trinajstić information content (AvgIpc) is 3.12. The Bertz CT molecular complexity index is 1380. The number of amides is 1. The van der Waals surface area contributed by atoms with Crippen molar-refractivity contribution < 1.29 is 17.7 Å². The Morgan fingerprint density at radius 1 is 0.968 bits per heavy atom. The molecule has 0 unspecified atom stereocenters. The lowest BCUT2D eigenvalue weighted by Crippen LogP contribution is -2.17. The number of carbonyl (C=O) groups is 1. The number of nitrogens with zero attached hydrogens (tertiary/aromatic N) is 1. The van der Waals surface area contributed by atoms with Crippen LogP contribution in [-0.4, -0.2) is 19.5 Å². The highest BCUT2D eigenvalue weighted by atomic mass is 32.2. The van der Waals surface area contributed by atoms with E-state index in [1.807, 2.05) is 31.2 Å². The summed E-state index contributed by atoms with van der Waals surface area (Å²) in [5, 5.41) is 7.48. The Hall–Kier alpha value is -3.65. The molecule has 1 aromatic heterocycles. The van der Waals surface area contributed by atoms with Crippen LogP contribution in [0.3, 0.4) is 0 Å². The van der Waals surface area contributed by atoms with Crippen LogP contribution in [0.5, 0.6) is 0 Å². The molecule has 0 aliphatic rings. The normalized spacial score (nSPS) is 11.4. The molecule has 0 aliphatic heterocycles. The first-order valence-electron chi connectivity index (χ1n) is 9.65. The lowest BCUT2D eigenvalue weighted by Gasteiger charge is -2.13. The van der Waals surface area contributed by atoms with Crippen LogP contribution < -0.4 is 10.0 Å². The first-order chi connectivity index (χ1) is 14.8. The van der Waals surface area contributed by atoms with Crippen LogP contribution >= 0.6 is 0 Å². The highest BCUT2D eigenvalue weighted by molar-refractivity contribution is 7.92. The second-order valence-corrected chi connectivity index (χ2v) is 8.96. The smallest absolute Gasteiger partial charge is 0.262 e. The Kier molecular flexibility index (Phi) is 5.48. The number of carbonyl (C=O) groups excluding carboxylic acids is 1. The number of anilines is 2. The third-order valence-electron chi connectivity index (χ3n) is 4.81. The van der Waals surface area contributed by atoms with Crippen LogP contribution in [0, 0.1) is 13.8 Å². The fraction of sp³-hybridized carbons (Fsp3) is 0.130. The van der Waals surface area contributed by atoms with Crippen LogP contribution in [-0.2, 0) is 21.2 Å². The van der Waals surface area contributed by atoms with E-state index in [2.05, 4.69) is 15.2 Å². The van der Waals surface area contributed by atoms with Crippen LogP contribution in [0.1, 0.15) is 16.8 Å². The number of sulfonamides is 1. The maximum atomic E-state index is 12.9. The summed E-state index contributed by atoms with van der Waals surface area (Å²) >= 11 is 0. The van der Waals surface area contributed by atoms with Gasteiger partial charge in [0.15, 0.2) is 5.58 Å². The van der Waals surface area contributed by atoms with Gasteiger partial charge in [0.05, 0.1) is 11.3 Å². The van der Waals surface area contributed by atoms with Crippen LogP contribution in [0.2, 0.25) is 0 Å². The van der Waals surface area contributed by atoms with Gasteiger partial charge >= 0.3 is 0 Å². The number of nitrogens with one attached hydrogen (secondary N) is 2. The van der Waals surface area contributed by atoms with E-state index in [1.165, 1.54) is 6.07 Å². The zero-order chi connectivity index (χ0) is 22.0. The fourth-order valence-electron chi connectivity index (χ4n) is 3.31. The third kappa shape index (κ3) is 4.59. The molecular formula is C23H21N3O4S. The number of aryl methyl sites for hydroxylation is 2. The summed E-state index contributed by atoms with van der Waals surface area (Å²) in [6.45, 7) is 3.59. The molecule has 1 amide bonds. The van der Waals surface area contributed by atoms with Crippen molar-refractivity contribution in [2.45, 2.75) is 25.2 Å². The van der Waals surface area contributed by atoms with Crippen molar-refractivity contribution in [3.63, 3.8) is 0 Å². The molecule has 2 N–H and O–H groups in total. The van der Waals surface area contributed by atoms with Crippen molar-refractivity contribution in [3.05, 3.63) is 83.6 Å². The SMILES string of the molecule is Cc1cccc(NS(=O)(=O)c2cc(NC(=O)Cc3noc4ccccc34)ccc2C)c1. The Morgan fingerprint density at radius 3 is 2.58 bits per heavy atom. The molecule has 0 aliphatic carbocycles. The summed E-state index contributed by atoms with van der Waals surface area (Å²) in [6.07, 6.45) is 0.00845. The first-order valence-corrected chi connectivity index (χ1v) is 11.1. The number of benzene rings is 3. The molecule has 0 saturated carbocycles. The van der Waals surface area contributed by atoms with E-state index in [0.717, 1.165) is 10.9 Å². The van der Waals surface area contributed by atoms with Crippen molar-refractivity contribution >= 4 is 38.3 Å². The number of hydrogen-bond donors (Lipinski definition) is 2. The molecule has 4 aromatic rings. The van der Waals surface area contributed by atoms with Gasteiger partial charge in [0.2, 0.25) is 5.91 Å². The van der Waals surface area contributed by atoms with E-state index in [9.17, 15) is 13.2 Å². The Morgan fingerprint density at radius 2 is 1.77 bits per heavy atom. The molecule has 0 bridgehead atoms. The molecule has 158 valence electrons. The Balaban J connectivity index is 1.53. The van der Waals surface area contributed by atoms with Gasteiger partial charge in [-0.2, -0.15) is 0 Å². The van der Waals surface area contributed by atoms with E-state index in [0.29, 0.717) is 28.2 Å². The van der Waals surface area contributed by atoms with E-state index < -0.39 is 10.0 Å². The molecule has 8 heteroatoms. The third-order valence-corrected chi connectivity index (χ3v) is 6.34. The zero-order valence-corrected chi connectivity index (χ0v) is 17.9. The van der Waals surface area contributed by atoms with Crippen molar-refractivity contribution in [2.24, 2.45) is 0 Å². The van der Waals surface area contributed by atoms with Gasteiger partial charge in [-0.05, 0) is 61.4 Å². The van der Waals surface area contributed by atoms with E-state index >= 15 is 0 Å². The second kappa shape index (κ2) is 8.23. The topological polar surface area (TPSA) is 101 Å². The number of aromatic nitrogens is 1. The molecule has 0 fully saturated rings. The predicted molar refractivity (Wildman–Crippen MR) is 120 cm³/mol. The highest BCUT2D eigenvalue weighted by Crippen LogP contribution is 2.24. The van der Waals surface area contributed by atoms with Crippen LogP contribution in [0.25, 0.3) is 11.0 Å². The molecule has 0 saturated heterocycles. The van der Waals surface area contributed by atoms with Gasteiger partial charge in [-0.1, -0.05) is 35.5 Å². The summed E-state index contributed by atoms with van der Waals surface area (Å²) in [7, 11) is -3.83. The first kappa shape index (κ1) is 20.6. The summed E-state index contributed by atoms with van der Waals surface area (Å²) in [5.74, 6) is -0.321. The molecule has 3 aromatic carbocycles. The number of hydrogen-bond acceptors (Lipinski definition) is 5. The van der Waals surface area contributed by atoms with Crippen molar-refractivity contribution in [2.75, 3.05) is 10.0 Å². The molecular weight excluding hydrogens is 414 g/mol. The molecule has 31 heavy (non-hydrogen) atoms. The monoisotopic (exact) mass is 435 g/mol. The van der Waals surface area contributed by atoms with Crippen molar-refractivity contribution in [1.29, 1.82) is 0 Å². The van der Waals surface area contributed by atoms with Crippen molar-refractivity contribution in [1.82, 2.24) is 5.16 Å².